The largest absolute Gasteiger partial charge is 0.445 e. The first-order valence-electron chi connectivity index (χ1n) is 6.71. The molecular formula is C13H21N3O3. The summed E-state index contributed by atoms with van der Waals surface area (Å²) in [6, 6.07) is 0.454. The van der Waals surface area contributed by atoms with Crippen LogP contribution in [0.15, 0.2) is 12.7 Å². The van der Waals surface area contributed by atoms with Crippen molar-refractivity contribution in [1.82, 2.24) is 10.2 Å². The van der Waals surface area contributed by atoms with Crippen LogP contribution < -0.4 is 11.1 Å². The van der Waals surface area contributed by atoms with Crippen LogP contribution in [0.3, 0.4) is 0 Å². The highest BCUT2D eigenvalue weighted by atomic mass is 16.6. The molecule has 2 saturated heterocycles. The smallest absolute Gasteiger partial charge is 0.410 e. The molecule has 0 unspecified atom stereocenters. The number of nitrogens with one attached hydrogen (secondary N) is 1. The molecule has 2 aliphatic heterocycles. The highest BCUT2D eigenvalue weighted by molar-refractivity contribution is 5.78. The molecule has 0 aromatic carbocycles. The van der Waals surface area contributed by atoms with Crippen molar-refractivity contribution in [3.05, 3.63) is 12.7 Å². The number of fused-ring (bicyclic) bond motifs is 2. The molecule has 19 heavy (non-hydrogen) atoms. The van der Waals surface area contributed by atoms with Crippen molar-refractivity contribution in [3.8, 4) is 0 Å². The Labute approximate surface area is 113 Å². The van der Waals surface area contributed by atoms with Crippen molar-refractivity contribution in [3.63, 3.8) is 0 Å². The van der Waals surface area contributed by atoms with E-state index in [2.05, 4.69) is 11.9 Å². The average molecular weight is 267 g/mol. The van der Waals surface area contributed by atoms with Crippen LogP contribution in [-0.2, 0) is 9.53 Å². The van der Waals surface area contributed by atoms with Gasteiger partial charge in [-0.3, -0.25) is 4.79 Å². The molecule has 0 radical (unpaired) electrons. The van der Waals surface area contributed by atoms with E-state index in [1.165, 1.54) is 0 Å². The summed E-state index contributed by atoms with van der Waals surface area (Å²) in [5, 5.41) is 2.91. The molecule has 0 saturated carbocycles. The third-order valence-corrected chi connectivity index (χ3v) is 3.82. The molecule has 0 aromatic rings. The highest BCUT2D eigenvalue weighted by Gasteiger charge is 2.44. The van der Waals surface area contributed by atoms with Gasteiger partial charge in [-0.25, -0.2) is 4.79 Å². The van der Waals surface area contributed by atoms with Crippen molar-refractivity contribution in [2.75, 3.05) is 13.2 Å². The number of hydrogen-bond acceptors (Lipinski definition) is 4. The van der Waals surface area contributed by atoms with Crippen molar-refractivity contribution < 1.29 is 14.3 Å². The zero-order valence-electron chi connectivity index (χ0n) is 11.0. The van der Waals surface area contributed by atoms with Gasteiger partial charge in [0.05, 0.1) is 6.54 Å². The lowest BCUT2D eigenvalue weighted by Crippen LogP contribution is -2.53. The highest BCUT2D eigenvalue weighted by Crippen LogP contribution is 2.36. The van der Waals surface area contributed by atoms with Gasteiger partial charge in [-0.15, -0.1) is 0 Å². The van der Waals surface area contributed by atoms with E-state index in [-0.39, 0.29) is 43.3 Å². The van der Waals surface area contributed by atoms with E-state index in [4.69, 9.17) is 10.5 Å². The second-order valence-corrected chi connectivity index (χ2v) is 5.10. The average Bonchev–Trinajstić information content (AvgIpc) is 2.67. The van der Waals surface area contributed by atoms with Gasteiger partial charge >= 0.3 is 6.09 Å². The fraction of sp³-hybridized carbons (Fsp3) is 0.692. The van der Waals surface area contributed by atoms with Gasteiger partial charge < -0.3 is 20.7 Å². The summed E-state index contributed by atoms with van der Waals surface area (Å²) in [5.41, 5.74) is 5.30. The molecule has 2 rings (SSSR count). The molecular weight excluding hydrogens is 246 g/mol. The molecule has 6 nitrogen and oxygen atoms in total. The number of nitrogens with zero attached hydrogens (tertiary/aromatic N) is 1. The topological polar surface area (TPSA) is 84.7 Å². The van der Waals surface area contributed by atoms with E-state index < -0.39 is 0 Å². The third kappa shape index (κ3) is 3.07. The summed E-state index contributed by atoms with van der Waals surface area (Å²) in [5.74, 6) is -0.132. The van der Waals surface area contributed by atoms with Gasteiger partial charge in [-0.2, -0.15) is 0 Å². The quantitative estimate of drug-likeness (QED) is 0.721. The van der Waals surface area contributed by atoms with Gasteiger partial charge in [0.15, 0.2) is 0 Å². The lowest BCUT2D eigenvalue weighted by Gasteiger charge is -2.38. The van der Waals surface area contributed by atoms with E-state index in [9.17, 15) is 9.59 Å². The molecule has 6 heteroatoms. The molecule has 2 heterocycles. The van der Waals surface area contributed by atoms with Crippen LogP contribution in [0.1, 0.15) is 25.7 Å². The number of carbonyl (C=O) groups excluding carboxylic acids is 2. The van der Waals surface area contributed by atoms with Crippen LogP contribution in [0.2, 0.25) is 0 Å². The van der Waals surface area contributed by atoms with Gasteiger partial charge in [-0.1, -0.05) is 12.7 Å². The summed E-state index contributed by atoms with van der Waals surface area (Å²) < 4.78 is 5.11. The summed E-state index contributed by atoms with van der Waals surface area (Å²) in [7, 11) is 0. The molecule has 3 atom stereocenters. The zero-order valence-corrected chi connectivity index (χ0v) is 11.0. The Hall–Kier alpha value is -1.56. The Kier molecular flexibility index (Phi) is 4.42. The van der Waals surface area contributed by atoms with Crippen LogP contribution in [0.5, 0.6) is 0 Å². The molecule has 106 valence electrons. The van der Waals surface area contributed by atoms with Crippen LogP contribution in [0.25, 0.3) is 0 Å². The minimum atomic E-state index is -0.268. The Balaban J connectivity index is 1.92. The maximum Gasteiger partial charge on any atom is 0.410 e. The number of carbonyl (C=O) groups is 2. The predicted molar refractivity (Wildman–Crippen MR) is 70.4 cm³/mol. The summed E-state index contributed by atoms with van der Waals surface area (Å²) in [4.78, 5) is 25.1. The molecule has 3 N–H and O–H groups in total. The van der Waals surface area contributed by atoms with Gasteiger partial charge in [0.25, 0.3) is 0 Å². The first kappa shape index (κ1) is 13.9. The molecule has 2 aliphatic rings. The zero-order chi connectivity index (χ0) is 13.8. The van der Waals surface area contributed by atoms with Crippen molar-refractivity contribution in [1.29, 1.82) is 0 Å². The number of piperidine rings is 1. The van der Waals surface area contributed by atoms with Gasteiger partial charge in [-0.05, 0) is 25.7 Å². The Morgan fingerprint density at radius 2 is 2.00 bits per heavy atom. The van der Waals surface area contributed by atoms with Crippen LogP contribution >= 0.6 is 0 Å². The second kappa shape index (κ2) is 6.06. The summed E-state index contributed by atoms with van der Waals surface area (Å²) >= 11 is 0. The molecule has 0 aromatic heterocycles. The van der Waals surface area contributed by atoms with Crippen LogP contribution in [-0.4, -0.2) is 48.2 Å². The molecule has 2 fully saturated rings. The monoisotopic (exact) mass is 267 g/mol. The lowest BCUT2D eigenvalue weighted by atomic mass is 9.98. The van der Waals surface area contributed by atoms with Gasteiger partial charge in [0.1, 0.15) is 6.61 Å². The lowest BCUT2D eigenvalue weighted by molar-refractivity contribution is -0.120. The van der Waals surface area contributed by atoms with Crippen molar-refractivity contribution in [2.24, 2.45) is 5.73 Å². The maximum absolute atomic E-state index is 12.0. The normalized spacial score (nSPS) is 28.9. The number of hydrogen-bond donors (Lipinski definition) is 2. The Bertz CT molecular complexity index is 358. The Morgan fingerprint density at radius 1 is 1.37 bits per heavy atom. The van der Waals surface area contributed by atoms with Crippen LogP contribution in [0, 0.1) is 0 Å². The van der Waals surface area contributed by atoms with E-state index >= 15 is 0 Å². The fourth-order valence-electron chi connectivity index (χ4n) is 3.08. The van der Waals surface area contributed by atoms with Crippen molar-refractivity contribution >= 4 is 12.0 Å². The SMILES string of the molecule is C=CCOC(=O)N1[C@@H]2CC[C@H]1C[C@@H](NC(=O)CN)C2. The summed E-state index contributed by atoms with van der Waals surface area (Å²) in [6.07, 6.45) is 4.81. The number of rotatable bonds is 4. The van der Waals surface area contributed by atoms with E-state index in [0.29, 0.717) is 0 Å². The number of amides is 2. The standard InChI is InChI=1S/C13H21N3O3/c1-2-5-19-13(18)16-10-3-4-11(16)7-9(6-10)15-12(17)8-14/h2,9-11H,1,3-8,14H2,(H,15,17)/t9-,10+,11-. The third-order valence-electron chi connectivity index (χ3n) is 3.82. The first-order valence-corrected chi connectivity index (χ1v) is 6.71. The molecule has 0 aliphatic carbocycles. The molecule has 2 bridgehead atoms. The van der Waals surface area contributed by atoms with E-state index in [1.807, 2.05) is 4.90 Å². The van der Waals surface area contributed by atoms with Gasteiger partial charge in [0, 0.05) is 18.1 Å². The molecule has 0 spiro atoms. The minimum absolute atomic E-state index is 0.0108. The maximum atomic E-state index is 12.0. The predicted octanol–water partition coefficient (Wildman–Crippen LogP) is 0.379. The second-order valence-electron chi connectivity index (χ2n) is 5.10. The molecule has 2 amide bonds. The van der Waals surface area contributed by atoms with E-state index in [0.717, 1.165) is 25.7 Å². The number of ether oxygens (including phenoxy) is 1. The van der Waals surface area contributed by atoms with Gasteiger partial charge in [0.2, 0.25) is 5.91 Å². The summed E-state index contributed by atoms with van der Waals surface area (Å²) in [6.45, 7) is 3.78. The fourth-order valence-corrected chi connectivity index (χ4v) is 3.08. The first-order chi connectivity index (χ1) is 9.15. The van der Waals surface area contributed by atoms with Crippen molar-refractivity contribution in [2.45, 2.75) is 43.8 Å². The minimum Gasteiger partial charge on any atom is -0.445 e. The van der Waals surface area contributed by atoms with E-state index in [1.54, 1.807) is 6.08 Å². The Morgan fingerprint density at radius 3 is 2.53 bits per heavy atom. The number of nitrogens with two attached hydrogens (primary N) is 1. The van der Waals surface area contributed by atoms with Crippen LogP contribution in [0.4, 0.5) is 4.79 Å².